The van der Waals surface area contributed by atoms with Crippen molar-refractivity contribution in [1.29, 1.82) is 5.41 Å². The molecule has 0 fully saturated rings. The lowest BCUT2D eigenvalue weighted by atomic mass is 10.1. The van der Waals surface area contributed by atoms with E-state index in [1.54, 1.807) is 12.4 Å². The van der Waals surface area contributed by atoms with Gasteiger partial charge in [0.05, 0.1) is 5.69 Å². The third kappa shape index (κ3) is 1.81. The van der Waals surface area contributed by atoms with Crippen molar-refractivity contribution in [2.45, 2.75) is 13.8 Å². The van der Waals surface area contributed by atoms with E-state index in [2.05, 4.69) is 31.0 Å². The van der Waals surface area contributed by atoms with Gasteiger partial charge in [-0.3, -0.25) is 5.41 Å². The van der Waals surface area contributed by atoms with Crippen LogP contribution in [0.2, 0.25) is 0 Å². The smallest absolute Gasteiger partial charge is 0.147 e. The van der Waals surface area contributed by atoms with E-state index >= 15 is 0 Å². The molecule has 3 heteroatoms. The Morgan fingerprint density at radius 2 is 1.80 bits per heavy atom. The summed E-state index contributed by atoms with van der Waals surface area (Å²) in [5.74, 6) is 0. The molecule has 0 bridgehead atoms. The van der Waals surface area contributed by atoms with Crippen molar-refractivity contribution in [2.75, 3.05) is 0 Å². The first-order valence-corrected chi connectivity index (χ1v) is 4.84. The fourth-order valence-electron chi connectivity index (χ4n) is 1.70. The van der Waals surface area contributed by atoms with Crippen LogP contribution in [0.4, 0.5) is 0 Å². The number of aryl methyl sites for hydroxylation is 2. The lowest BCUT2D eigenvalue weighted by Crippen LogP contribution is -2.09. The SMILES string of the molecule is Cc1cccc(C)c1-n1ccc(=N)nc1. The van der Waals surface area contributed by atoms with E-state index in [9.17, 15) is 0 Å². The van der Waals surface area contributed by atoms with Crippen molar-refractivity contribution < 1.29 is 0 Å². The first kappa shape index (κ1) is 9.65. The van der Waals surface area contributed by atoms with E-state index < -0.39 is 0 Å². The Kier molecular flexibility index (Phi) is 2.37. The fourth-order valence-corrected chi connectivity index (χ4v) is 1.70. The van der Waals surface area contributed by atoms with Crippen LogP contribution in [-0.2, 0) is 0 Å². The molecule has 1 aromatic heterocycles. The van der Waals surface area contributed by atoms with Gasteiger partial charge in [0.25, 0.3) is 0 Å². The van der Waals surface area contributed by atoms with Gasteiger partial charge in [0.2, 0.25) is 0 Å². The molecule has 76 valence electrons. The van der Waals surface area contributed by atoms with E-state index in [0.29, 0.717) is 0 Å². The maximum atomic E-state index is 7.34. The number of nitrogens with one attached hydrogen (secondary N) is 1. The Balaban J connectivity index is 2.63. The molecule has 0 amide bonds. The molecule has 0 aliphatic rings. The highest BCUT2D eigenvalue weighted by Crippen LogP contribution is 2.17. The summed E-state index contributed by atoms with van der Waals surface area (Å²) in [6, 6.07) is 7.88. The number of rotatable bonds is 1. The molecule has 0 atom stereocenters. The lowest BCUT2D eigenvalue weighted by molar-refractivity contribution is 0.919. The standard InChI is InChI=1S/C12H13N3/c1-9-4-3-5-10(2)12(9)15-7-6-11(13)14-8-15/h3-8,13H,1-2H3. The maximum Gasteiger partial charge on any atom is 0.147 e. The maximum absolute atomic E-state index is 7.34. The van der Waals surface area contributed by atoms with Gasteiger partial charge in [-0.25, -0.2) is 4.98 Å². The normalized spacial score (nSPS) is 10.3. The minimum Gasteiger partial charge on any atom is -0.307 e. The largest absolute Gasteiger partial charge is 0.307 e. The molecule has 1 aromatic carbocycles. The average molecular weight is 199 g/mol. The molecular formula is C12H13N3. The molecule has 2 aromatic rings. The Hall–Kier alpha value is -1.90. The zero-order valence-corrected chi connectivity index (χ0v) is 8.86. The third-order valence-corrected chi connectivity index (χ3v) is 2.41. The second-order valence-electron chi connectivity index (χ2n) is 3.59. The van der Waals surface area contributed by atoms with E-state index in [1.165, 1.54) is 11.1 Å². The van der Waals surface area contributed by atoms with Crippen LogP contribution >= 0.6 is 0 Å². The first-order chi connectivity index (χ1) is 7.18. The van der Waals surface area contributed by atoms with Crippen molar-refractivity contribution in [2.24, 2.45) is 0 Å². The quantitative estimate of drug-likeness (QED) is 0.749. The summed E-state index contributed by atoms with van der Waals surface area (Å²) in [6.45, 7) is 4.15. The molecule has 0 unspecified atom stereocenters. The summed E-state index contributed by atoms with van der Waals surface area (Å²) >= 11 is 0. The lowest BCUT2D eigenvalue weighted by Gasteiger charge is -2.11. The Morgan fingerprint density at radius 3 is 2.33 bits per heavy atom. The summed E-state index contributed by atoms with van der Waals surface area (Å²) in [5, 5.41) is 7.34. The first-order valence-electron chi connectivity index (χ1n) is 4.84. The van der Waals surface area contributed by atoms with E-state index in [-0.39, 0.29) is 5.49 Å². The summed E-state index contributed by atoms with van der Waals surface area (Å²) in [7, 11) is 0. The molecular weight excluding hydrogens is 186 g/mol. The van der Waals surface area contributed by atoms with Crippen molar-refractivity contribution in [3.8, 4) is 5.69 Å². The van der Waals surface area contributed by atoms with Crippen LogP contribution in [0.25, 0.3) is 5.69 Å². The second-order valence-corrected chi connectivity index (χ2v) is 3.59. The van der Waals surface area contributed by atoms with Gasteiger partial charge in [-0.1, -0.05) is 18.2 Å². The molecule has 1 N–H and O–H groups in total. The molecule has 2 rings (SSSR count). The monoisotopic (exact) mass is 199 g/mol. The highest BCUT2D eigenvalue weighted by Gasteiger charge is 2.02. The molecule has 0 aliphatic carbocycles. The summed E-state index contributed by atoms with van der Waals surface area (Å²) in [5.41, 5.74) is 3.85. The van der Waals surface area contributed by atoms with E-state index in [0.717, 1.165) is 5.69 Å². The van der Waals surface area contributed by atoms with Crippen molar-refractivity contribution >= 4 is 0 Å². The molecule has 0 aliphatic heterocycles. The van der Waals surface area contributed by atoms with Gasteiger partial charge in [0.1, 0.15) is 11.8 Å². The van der Waals surface area contributed by atoms with Crippen LogP contribution in [0, 0.1) is 19.3 Å². The minimum atomic E-state index is 0.289. The summed E-state index contributed by atoms with van der Waals surface area (Å²) < 4.78 is 1.95. The summed E-state index contributed by atoms with van der Waals surface area (Å²) in [6.07, 6.45) is 3.54. The number of para-hydroxylation sites is 1. The minimum absolute atomic E-state index is 0.289. The van der Waals surface area contributed by atoms with Gasteiger partial charge in [-0.15, -0.1) is 0 Å². The van der Waals surface area contributed by atoms with Crippen LogP contribution in [0.15, 0.2) is 36.8 Å². The molecule has 3 nitrogen and oxygen atoms in total. The molecule has 15 heavy (non-hydrogen) atoms. The van der Waals surface area contributed by atoms with E-state index in [1.807, 2.05) is 16.8 Å². The Bertz CT molecular complexity index is 500. The number of benzene rings is 1. The molecule has 0 spiro atoms. The Labute approximate surface area is 88.6 Å². The van der Waals surface area contributed by atoms with Gasteiger partial charge in [-0.05, 0) is 31.0 Å². The molecule has 0 saturated carbocycles. The fraction of sp³-hybridized carbons (Fsp3) is 0.167. The van der Waals surface area contributed by atoms with Crippen LogP contribution < -0.4 is 5.49 Å². The van der Waals surface area contributed by atoms with Gasteiger partial charge in [-0.2, -0.15) is 0 Å². The number of nitrogens with zero attached hydrogens (tertiary/aromatic N) is 2. The number of aromatic nitrogens is 2. The highest BCUT2D eigenvalue weighted by atomic mass is 15.0. The van der Waals surface area contributed by atoms with Gasteiger partial charge >= 0.3 is 0 Å². The van der Waals surface area contributed by atoms with Crippen molar-refractivity contribution in [3.05, 3.63) is 53.4 Å². The number of hydrogen-bond acceptors (Lipinski definition) is 2. The predicted molar refractivity (Wildman–Crippen MR) is 58.9 cm³/mol. The molecule has 0 saturated heterocycles. The predicted octanol–water partition coefficient (Wildman–Crippen LogP) is 1.97. The third-order valence-electron chi connectivity index (χ3n) is 2.41. The zero-order valence-electron chi connectivity index (χ0n) is 8.86. The van der Waals surface area contributed by atoms with Crippen LogP contribution in [-0.4, -0.2) is 9.55 Å². The molecule has 0 radical (unpaired) electrons. The van der Waals surface area contributed by atoms with Crippen LogP contribution in [0.5, 0.6) is 0 Å². The highest BCUT2D eigenvalue weighted by molar-refractivity contribution is 5.46. The van der Waals surface area contributed by atoms with E-state index in [4.69, 9.17) is 5.41 Å². The van der Waals surface area contributed by atoms with Crippen LogP contribution in [0.3, 0.4) is 0 Å². The van der Waals surface area contributed by atoms with Gasteiger partial charge in [0.15, 0.2) is 0 Å². The zero-order chi connectivity index (χ0) is 10.8. The topological polar surface area (TPSA) is 41.7 Å². The van der Waals surface area contributed by atoms with Gasteiger partial charge in [0, 0.05) is 6.20 Å². The van der Waals surface area contributed by atoms with Crippen LogP contribution in [0.1, 0.15) is 11.1 Å². The summed E-state index contributed by atoms with van der Waals surface area (Å²) in [4.78, 5) is 3.97. The average Bonchev–Trinajstić information content (AvgIpc) is 2.20. The molecule has 1 heterocycles. The Morgan fingerprint density at radius 1 is 1.13 bits per heavy atom. The second kappa shape index (κ2) is 3.69. The van der Waals surface area contributed by atoms with Crippen molar-refractivity contribution in [1.82, 2.24) is 9.55 Å². The van der Waals surface area contributed by atoms with Crippen molar-refractivity contribution in [3.63, 3.8) is 0 Å². The van der Waals surface area contributed by atoms with Gasteiger partial charge < -0.3 is 4.57 Å². The number of hydrogen-bond donors (Lipinski definition) is 1.